The molecule has 1 aliphatic rings. The predicted octanol–water partition coefficient (Wildman–Crippen LogP) is 4.14. The van der Waals surface area contributed by atoms with Gasteiger partial charge in [0.15, 0.2) is 11.5 Å². The molecule has 1 atom stereocenters. The summed E-state index contributed by atoms with van der Waals surface area (Å²) in [6, 6.07) is 9.22. The average molecular weight is 327 g/mol. The zero-order valence-corrected chi connectivity index (χ0v) is 11.8. The largest absolute Gasteiger partial charge is 0.443 e. The lowest BCUT2D eigenvalue weighted by Gasteiger charge is -2.22. The second kappa shape index (κ2) is 4.14. The molecule has 0 amide bonds. The molecular formula is C13H9BrClNO2. The Morgan fingerprint density at radius 3 is 2.72 bits per heavy atom. The van der Waals surface area contributed by atoms with E-state index in [1.807, 2.05) is 25.1 Å². The Morgan fingerprint density at radius 2 is 2.06 bits per heavy atom. The predicted molar refractivity (Wildman–Crippen MR) is 72.0 cm³/mol. The summed E-state index contributed by atoms with van der Waals surface area (Å²) in [5.41, 5.74) is 0.676. The van der Waals surface area contributed by atoms with Gasteiger partial charge in [0.1, 0.15) is 5.69 Å². The monoisotopic (exact) mass is 325 g/mol. The maximum absolute atomic E-state index is 5.88. The first-order chi connectivity index (χ1) is 8.58. The second-order valence-electron chi connectivity index (χ2n) is 4.08. The van der Waals surface area contributed by atoms with Gasteiger partial charge in [-0.3, -0.25) is 4.98 Å². The van der Waals surface area contributed by atoms with Gasteiger partial charge in [0.25, 0.3) is 5.79 Å². The SMILES string of the molecule is C[C@@]1(c2ccc(Cl)cn2)Oc2cccc(Br)c2O1. The highest BCUT2D eigenvalue weighted by Gasteiger charge is 2.40. The molecule has 0 N–H and O–H groups in total. The van der Waals surface area contributed by atoms with E-state index in [1.165, 1.54) is 0 Å². The number of pyridine rings is 1. The van der Waals surface area contributed by atoms with Crippen LogP contribution in [0.4, 0.5) is 0 Å². The van der Waals surface area contributed by atoms with Gasteiger partial charge in [-0.05, 0) is 40.2 Å². The van der Waals surface area contributed by atoms with Crippen molar-refractivity contribution in [3.05, 3.63) is 51.7 Å². The topological polar surface area (TPSA) is 31.4 Å². The van der Waals surface area contributed by atoms with Crippen molar-refractivity contribution in [2.45, 2.75) is 12.7 Å². The molecule has 1 aliphatic heterocycles. The van der Waals surface area contributed by atoms with Crippen LogP contribution in [-0.4, -0.2) is 4.98 Å². The number of rotatable bonds is 1. The van der Waals surface area contributed by atoms with Crippen LogP contribution in [-0.2, 0) is 5.79 Å². The van der Waals surface area contributed by atoms with Gasteiger partial charge < -0.3 is 9.47 Å². The quantitative estimate of drug-likeness (QED) is 0.789. The molecule has 0 radical (unpaired) electrons. The molecule has 1 aromatic carbocycles. The summed E-state index contributed by atoms with van der Waals surface area (Å²) in [7, 11) is 0. The summed E-state index contributed by atoms with van der Waals surface area (Å²) in [6.45, 7) is 1.83. The Balaban J connectivity index is 2.01. The van der Waals surface area contributed by atoms with Crippen molar-refractivity contribution in [2.24, 2.45) is 0 Å². The molecule has 2 aromatic rings. The Bertz CT molecular complexity index is 602. The molecule has 5 heteroatoms. The van der Waals surface area contributed by atoms with Crippen molar-refractivity contribution in [1.82, 2.24) is 4.98 Å². The number of fused-ring (bicyclic) bond motifs is 1. The van der Waals surface area contributed by atoms with Crippen molar-refractivity contribution in [3.63, 3.8) is 0 Å². The van der Waals surface area contributed by atoms with Crippen molar-refractivity contribution in [3.8, 4) is 11.5 Å². The molecule has 0 saturated heterocycles. The van der Waals surface area contributed by atoms with Gasteiger partial charge in [-0.2, -0.15) is 0 Å². The number of aromatic nitrogens is 1. The Morgan fingerprint density at radius 1 is 1.22 bits per heavy atom. The summed E-state index contributed by atoms with van der Waals surface area (Å²) >= 11 is 9.26. The zero-order chi connectivity index (χ0) is 12.8. The number of benzene rings is 1. The minimum Gasteiger partial charge on any atom is -0.443 e. The summed E-state index contributed by atoms with van der Waals surface area (Å²) in [6.07, 6.45) is 1.58. The first kappa shape index (κ1) is 11.8. The molecule has 0 spiro atoms. The third kappa shape index (κ3) is 1.85. The van der Waals surface area contributed by atoms with Crippen molar-refractivity contribution in [1.29, 1.82) is 0 Å². The Hall–Kier alpha value is -1.26. The smallest absolute Gasteiger partial charge is 0.292 e. The highest BCUT2D eigenvalue weighted by atomic mass is 79.9. The standard InChI is InChI=1S/C13H9BrClNO2/c1-13(11-6-5-8(15)7-16-11)17-10-4-2-3-9(14)12(10)18-13/h2-7H,1H3/t13-/m1/s1. The fraction of sp³-hybridized carbons (Fsp3) is 0.154. The minimum atomic E-state index is -0.920. The lowest BCUT2D eigenvalue weighted by atomic mass is 10.2. The lowest BCUT2D eigenvalue weighted by Crippen LogP contribution is -2.32. The molecule has 92 valence electrons. The molecule has 1 aromatic heterocycles. The van der Waals surface area contributed by atoms with Crippen LogP contribution in [0.3, 0.4) is 0 Å². The van der Waals surface area contributed by atoms with E-state index in [1.54, 1.807) is 18.3 Å². The van der Waals surface area contributed by atoms with Gasteiger partial charge in [0.05, 0.1) is 9.50 Å². The van der Waals surface area contributed by atoms with Crippen LogP contribution >= 0.6 is 27.5 Å². The number of halogens is 2. The fourth-order valence-corrected chi connectivity index (χ4v) is 2.38. The van der Waals surface area contributed by atoms with Crippen LogP contribution < -0.4 is 9.47 Å². The van der Waals surface area contributed by atoms with E-state index in [4.69, 9.17) is 21.1 Å². The van der Waals surface area contributed by atoms with E-state index >= 15 is 0 Å². The van der Waals surface area contributed by atoms with E-state index in [0.29, 0.717) is 22.2 Å². The third-order valence-corrected chi connectivity index (χ3v) is 3.57. The van der Waals surface area contributed by atoms with E-state index in [9.17, 15) is 0 Å². The van der Waals surface area contributed by atoms with Crippen LogP contribution in [0, 0.1) is 0 Å². The van der Waals surface area contributed by atoms with Crippen molar-refractivity contribution >= 4 is 27.5 Å². The van der Waals surface area contributed by atoms with E-state index in [2.05, 4.69) is 20.9 Å². The highest BCUT2D eigenvalue weighted by molar-refractivity contribution is 9.10. The fourth-order valence-electron chi connectivity index (χ4n) is 1.84. The van der Waals surface area contributed by atoms with E-state index in [-0.39, 0.29) is 0 Å². The first-order valence-corrected chi connectivity index (χ1v) is 6.54. The number of nitrogens with zero attached hydrogens (tertiary/aromatic N) is 1. The van der Waals surface area contributed by atoms with Crippen molar-refractivity contribution in [2.75, 3.05) is 0 Å². The van der Waals surface area contributed by atoms with Gasteiger partial charge in [-0.25, -0.2) is 0 Å². The lowest BCUT2D eigenvalue weighted by molar-refractivity contribution is -0.0720. The highest BCUT2D eigenvalue weighted by Crippen LogP contribution is 2.47. The summed E-state index contributed by atoms with van der Waals surface area (Å²) in [5.74, 6) is 0.469. The van der Waals surface area contributed by atoms with Crippen LogP contribution in [0.15, 0.2) is 41.0 Å². The Kier molecular flexibility index (Phi) is 2.72. The number of hydrogen-bond donors (Lipinski definition) is 0. The van der Waals surface area contributed by atoms with Crippen LogP contribution in [0.5, 0.6) is 11.5 Å². The summed E-state index contributed by atoms with van der Waals surface area (Å²) < 4.78 is 12.6. The van der Waals surface area contributed by atoms with Crippen LogP contribution in [0.2, 0.25) is 5.02 Å². The molecule has 18 heavy (non-hydrogen) atoms. The average Bonchev–Trinajstić information content (AvgIpc) is 2.69. The number of ether oxygens (including phenoxy) is 2. The Labute approximate surface area is 118 Å². The molecule has 0 unspecified atom stereocenters. The molecule has 0 bridgehead atoms. The molecular weight excluding hydrogens is 318 g/mol. The number of para-hydroxylation sites is 1. The normalized spacial score (nSPS) is 21.1. The van der Waals surface area contributed by atoms with Crippen molar-refractivity contribution < 1.29 is 9.47 Å². The molecule has 3 nitrogen and oxygen atoms in total. The molecule has 0 fully saturated rings. The first-order valence-electron chi connectivity index (χ1n) is 5.37. The van der Waals surface area contributed by atoms with Gasteiger partial charge in [0, 0.05) is 13.1 Å². The maximum atomic E-state index is 5.88. The van der Waals surface area contributed by atoms with Gasteiger partial charge in [-0.1, -0.05) is 17.7 Å². The molecule has 0 aliphatic carbocycles. The third-order valence-electron chi connectivity index (χ3n) is 2.73. The summed E-state index contributed by atoms with van der Waals surface area (Å²) in [5, 5.41) is 0.582. The van der Waals surface area contributed by atoms with E-state index < -0.39 is 5.79 Å². The number of hydrogen-bond acceptors (Lipinski definition) is 3. The molecule has 3 rings (SSSR count). The van der Waals surface area contributed by atoms with Crippen LogP contribution in [0.25, 0.3) is 0 Å². The van der Waals surface area contributed by atoms with Gasteiger partial charge in [0.2, 0.25) is 0 Å². The molecule has 0 saturated carbocycles. The minimum absolute atomic E-state index is 0.582. The van der Waals surface area contributed by atoms with Gasteiger partial charge >= 0.3 is 0 Å². The second-order valence-corrected chi connectivity index (χ2v) is 5.37. The van der Waals surface area contributed by atoms with Gasteiger partial charge in [-0.15, -0.1) is 0 Å². The zero-order valence-electron chi connectivity index (χ0n) is 9.48. The summed E-state index contributed by atoms with van der Waals surface area (Å²) in [4.78, 5) is 4.25. The maximum Gasteiger partial charge on any atom is 0.292 e. The van der Waals surface area contributed by atoms with Crippen LogP contribution in [0.1, 0.15) is 12.6 Å². The van der Waals surface area contributed by atoms with E-state index in [0.717, 1.165) is 4.47 Å². The molecule has 2 heterocycles.